The molecule has 2 saturated carbocycles. The summed E-state index contributed by atoms with van der Waals surface area (Å²) in [5.74, 6) is 1.39. The van der Waals surface area contributed by atoms with Gasteiger partial charge in [-0.05, 0) is 49.3 Å². The molecule has 2 bridgehead atoms. The Labute approximate surface area is 111 Å². The molecule has 4 heteroatoms. The fourth-order valence-electron chi connectivity index (χ4n) is 3.32. The predicted molar refractivity (Wildman–Crippen MR) is 69.8 cm³/mol. The number of carbonyl (C=O) groups is 1. The lowest BCUT2D eigenvalue weighted by molar-refractivity contribution is 0.0923. The third kappa shape index (κ3) is 2.07. The molecule has 2 N–H and O–H groups in total. The zero-order valence-corrected chi connectivity index (χ0v) is 10.8. The quantitative estimate of drug-likeness (QED) is 0.864. The van der Waals surface area contributed by atoms with Crippen LogP contribution in [-0.2, 0) is 0 Å². The van der Waals surface area contributed by atoms with Crippen LogP contribution in [0.2, 0.25) is 5.02 Å². The number of aromatic hydroxyl groups is 1. The van der Waals surface area contributed by atoms with Crippen molar-refractivity contribution in [2.75, 3.05) is 0 Å². The van der Waals surface area contributed by atoms with Crippen molar-refractivity contribution in [2.24, 2.45) is 11.8 Å². The van der Waals surface area contributed by atoms with E-state index in [1.807, 2.05) is 0 Å². The maximum absolute atomic E-state index is 12.1. The third-order valence-corrected chi connectivity index (χ3v) is 4.57. The molecule has 1 aromatic rings. The Bertz CT molecular complexity index is 489. The number of phenolic OH excluding ortho intramolecular Hbond substituents is 1. The maximum atomic E-state index is 12.1. The molecule has 18 heavy (non-hydrogen) atoms. The van der Waals surface area contributed by atoms with E-state index >= 15 is 0 Å². The lowest BCUT2D eigenvalue weighted by atomic mass is 9.95. The second kappa shape index (κ2) is 4.47. The summed E-state index contributed by atoms with van der Waals surface area (Å²) in [7, 11) is 0. The lowest BCUT2D eigenvalue weighted by Gasteiger charge is -2.22. The molecule has 3 atom stereocenters. The molecule has 1 amide bonds. The summed E-state index contributed by atoms with van der Waals surface area (Å²) in [5, 5.41) is 12.6. The van der Waals surface area contributed by atoms with Gasteiger partial charge in [-0.2, -0.15) is 0 Å². The molecule has 0 saturated heterocycles. The van der Waals surface area contributed by atoms with Gasteiger partial charge in [0.2, 0.25) is 0 Å². The van der Waals surface area contributed by atoms with Crippen LogP contribution < -0.4 is 5.32 Å². The van der Waals surface area contributed by atoms with Crippen LogP contribution in [0.3, 0.4) is 0 Å². The van der Waals surface area contributed by atoms with Crippen LogP contribution in [-0.4, -0.2) is 17.1 Å². The molecule has 3 unspecified atom stereocenters. The van der Waals surface area contributed by atoms with Crippen molar-refractivity contribution < 1.29 is 9.90 Å². The van der Waals surface area contributed by atoms with Gasteiger partial charge in [-0.15, -0.1) is 0 Å². The number of fused-ring (bicyclic) bond motifs is 2. The van der Waals surface area contributed by atoms with Crippen LogP contribution in [0.4, 0.5) is 0 Å². The molecule has 3 rings (SSSR count). The molecule has 3 nitrogen and oxygen atoms in total. The summed E-state index contributed by atoms with van der Waals surface area (Å²) in [6, 6.07) is 4.89. The van der Waals surface area contributed by atoms with Crippen molar-refractivity contribution in [1.82, 2.24) is 5.32 Å². The predicted octanol–water partition coefficient (Wildman–Crippen LogP) is 2.96. The Morgan fingerprint density at radius 1 is 1.33 bits per heavy atom. The van der Waals surface area contributed by atoms with Gasteiger partial charge in [0, 0.05) is 11.6 Å². The van der Waals surface area contributed by atoms with E-state index in [2.05, 4.69) is 5.32 Å². The number of halogens is 1. The van der Waals surface area contributed by atoms with E-state index in [1.54, 1.807) is 6.07 Å². The molecule has 96 valence electrons. The van der Waals surface area contributed by atoms with Crippen molar-refractivity contribution in [3.63, 3.8) is 0 Å². The highest BCUT2D eigenvalue weighted by Gasteiger charge is 2.40. The zero-order valence-electron chi connectivity index (χ0n) is 10.0. The zero-order chi connectivity index (χ0) is 12.7. The van der Waals surface area contributed by atoms with Gasteiger partial charge < -0.3 is 10.4 Å². The summed E-state index contributed by atoms with van der Waals surface area (Å²) < 4.78 is 0. The van der Waals surface area contributed by atoms with Crippen molar-refractivity contribution in [3.8, 4) is 5.75 Å². The molecular weight excluding hydrogens is 250 g/mol. The standard InChI is InChI=1S/C14H16ClNO2/c15-11-7-10(3-4-13(11)17)14(18)16-12-6-8-1-2-9(12)5-8/h3-4,7-9,12,17H,1-2,5-6H2,(H,16,18). The average molecular weight is 266 g/mol. The van der Waals surface area contributed by atoms with Gasteiger partial charge in [0.1, 0.15) is 5.75 Å². The van der Waals surface area contributed by atoms with E-state index in [1.165, 1.54) is 31.4 Å². The van der Waals surface area contributed by atoms with Crippen molar-refractivity contribution >= 4 is 17.5 Å². The molecule has 0 aromatic heterocycles. The molecule has 2 aliphatic rings. The fraction of sp³-hybridized carbons (Fsp3) is 0.500. The van der Waals surface area contributed by atoms with Crippen molar-refractivity contribution in [3.05, 3.63) is 28.8 Å². The second-order valence-corrected chi connectivity index (χ2v) is 5.83. The largest absolute Gasteiger partial charge is 0.506 e. The first-order valence-electron chi connectivity index (χ1n) is 6.43. The SMILES string of the molecule is O=C(NC1CC2CCC1C2)c1ccc(O)c(Cl)c1. The van der Waals surface area contributed by atoms with Gasteiger partial charge in [-0.1, -0.05) is 18.0 Å². The highest BCUT2D eigenvalue weighted by Crippen LogP contribution is 2.44. The van der Waals surface area contributed by atoms with Crippen molar-refractivity contribution in [1.29, 1.82) is 0 Å². The molecule has 1 aromatic carbocycles. The van der Waals surface area contributed by atoms with Crippen LogP contribution in [0.1, 0.15) is 36.0 Å². The number of nitrogens with one attached hydrogen (secondary N) is 1. The Hall–Kier alpha value is -1.22. The Balaban J connectivity index is 1.69. The first kappa shape index (κ1) is 11.8. The summed E-state index contributed by atoms with van der Waals surface area (Å²) in [5.41, 5.74) is 0.514. The molecular formula is C14H16ClNO2. The van der Waals surface area contributed by atoms with E-state index in [0.717, 1.165) is 12.3 Å². The summed E-state index contributed by atoms with van der Waals surface area (Å²) >= 11 is 5.81. The smallest absolute Gasteiger partial charge is 0.251 e. The highest BCUT2D eigenvalue weighted by atomic mass is 35.5. The number of amides is 1. The highest BCUT2D eigenvalue weighted by molar-refractivity contribution is 6.32. The monoisotopic (exact) mass is 265 g/mol. The van der Waals surface area contributed by atoms with Crippen LogP contribution in [0.25, 0.3) is 0 Å². The van der Waals surface area contributed by atoms with Gasteiger partial charge >= 0.3 is 0 Å². The second-order valence-electron chi connectivity index (χ2n) is 5.42. The van der Waals surface area contributed by atoms with Gasteiger partial charge in [0.05, 0.1) is 5.02 Å². The molecule has 0 aliphatic heterocycles. The number of hydrogen-bond acceptors (Lipinski definition) is 2. The number of benzene rings is 1. The first-order valence-corrected chi connectivity index (χ1v) is 6.80. The van der Waals surface area contributed by atoms with Crippen LogP contribution in [0.5, 0.6) is 5.75 Å². The minimum Gasteiger partial charge on any atom is -0.506 e. The summed E-state index contributed by atoms with van der Waals surface area (Å²) in [4.78, 5) is 12.1. The average Bonchev–Trinajstić information content (AvgIpc) is 2.94. The van der Waals surface area contributed by atoms with Crippen LogP contribution in [0, 0.1) is 11.8 Å². The van der Waals surface area contributed by atoms with E-state index in [0.29, 0.717) is 17.5 Å². The van der Waals surface area contributed by atoms with E-state index in [9.17, 15) is 9.90 Å². The van der Waals surface area contributed by atoms with E-state index in [4.69, 9.17) is 11.6 Å². The normalized spacial score (nSPS) is 29.5. The van der Waals surface area contributed by atoms with E-state index < -0.39 is 0 Å². The maximum Gasteiger partial charge on any atom is 0.251 e. The van der Waals surface area contributed by atoms with Crippen LogP contribution >= 0.6 is 11.6 Å². The topological polar surface area (TPSA) is 49.3 Å². The third-order valence-electron chi connectivity index (χ3n) is 4.26. The fourth-order valence-corrected chi connectivity index (χ4v) is 3.50. The molecule has 0 spiro atoms. The van der Waals surface area contributed by atoms with Crippen LogP contribution in [0.15, 0.2) is 18.2 Å². The number of phenols is 1. The number of carbonyl (C=O) groups excluding carboxylic acids is 1. The number of hydrogen-bond donors (Lipinski definition) is 2. The molecule has 0 heterocycles. The molecule has 2 fully saturated rings. The van der Waals surface area contributed by atoms with Gasteiger partial charge in [0.15, 0.2) is 0 Å². The molecule has 0 radical (unpaired) electrons. The minimum atomic E-state index is -0.0885. The van der Waals surface area contributed by atoms with Crippen molar-refractivity contribution in [2.45, 2.75) is 31.7 Å². The van der Waals surface area contributed by atoms with Gasteiger partial charge in [-0.3, -0.25) is 4.79 Å². The first-order chi connectivity index (χ1) is 8.63. The van der Waals surface area contributed by atoms with E-state index in [-0.39, 0.29) is 16.7 Å². The summed E-state index contributed by atoms with van der Waals surface area (Å²) in [6.07, 6.45) is 4.94. The molecule has 2 aliphatic carbocycles. The number of rotatable bonds is 2. The lowest BCUT2D eigenvalue weighted by Crippen LogP contribution is -2.38. The summed E-state index contributed by atoms with van der Waals surface area (Å²) in [6.45, 7) is 0. The van der Waals surface area contributed by atoms with Gasteiger partial charge in [-0.25, -0.2) is 0 Å². The Morgan fingerprint density at radius 2 is 2.17 bits per heavy atom. The van der Waals surface area contributed by atoms with Gasteiger partial charge in [0.25, 0.3) is 5.91 Å². The Morgan fingerprint density at radius 3 is 2.78 bits per heavy atom. The minimum absolute atomic E-state index is 0.00754. The Kier molecular flexibility index (Phi) is 2.94.